The number of fused-ring (bicyclic) bond motifs is 1. The molecule has 0 saturated carbocycles. The second-order valence-corrected chi connectivity index (χ2v) is 8.86. The molecular weight excluding hydrogens is 460 g/mol. The molecule has 1 amide bonds. The molecule has 186 valence electrons. The third-order valence-electron chi connectivity index (χ3n) is 6.30. The molecule has 0 spiro atoms. The Morgan fingerprint density at radius 1 is 1.11 bits per heavy atom. The highest BCUT2D eigenvalue weighted by Crippen LogP contribution is 2.23. The van der Waals surface area contributed by atoms with Crippen molar-refractivity contribution < 1.29 is 24.2 Å². The minimum absolute atomic E-state index is 0.0572. The lowest BCUT2D eigenvalue weighted by atomic mass is 9.97. The van der Waals surface area contributed by atoms with Gasteiger partial charge in [-0.1, -0.05) is 12.1 Å². The van der Waals surface area contributed by atoms with E-state index in [1.807, 2.05) is 23.1 Å². The average molecular weight is 489 g/mol. The van der Waals surface area contributed by atoms with Gasteiger partial charge in [0.1, 0.15) is 24.0 Å². The van der Waals surface area contributed by atoms with E-state index in [-0.39, 0.29) is 41.6 Å². The topological polar surface area (TPSA) is 129 Å². The van der Waals surface area contributed by atoms with Crippen molar-refractivity contribution in [3.8, 4) is 11.8 Å². The average Bonchev–Trinajstić information content (AvgIpc) is 3.30. The fourth-order valence-corrected chi connectivity index (χ4v) is 4.43. The van der Waals surface area contributed by atoms with Gasteiger partial charge in [0, 0.05) is 12.1 Å². The number of likely N-dealkylation sites (tertiary alicyclic amines) is 1. The summed E-state index contributed by atoms with van der Waals surface area (Å²) in [5, 5.41) is 19.8. The summed E-state index contributed by atoms with van der Waals surface area (Å²) in [4.78, 5) is 34.2. The van der Waals surface area contributed by atoms with E-state index in [2.05, 4.69) is 23.8 Å². The van der Waals surface area contributed by atoms with Crippen LogP contribution in [0.3, 0.4) is 0 Å². The molecule has 1 aliphatic heterocycles. The van der Waals surface area contributed by atoms with Crippen molar-refractivity contribution in [1.82, 2.24) is 14.9 Å². The highest BCUT2D eigenvalue weighted by Gasteiger charge is 2.29. The minimum atomic E-state index is -0.679. The third-order valence-corrected chi connectivity index (χ3v) is 6.30. The standard InChI is InChI=1S/C27H28N4O5/c1-17-6-5-7-18(2)31(17)25(33)16-35-20-12-10-19(11-13-20)27(34)36-15-24(32)21(14-28)26-29-22-8-3-4-9-23(22)30-26/h3-4,8-13,17-18,32H,5-7,15-16H2,1-2H3,(H,29,30)/t17-,18-/m1/s1. The summed E-state index contributed by atoms with van der Waals surface area (Å²) in [5.74, 6) is -0.502. The van der Waals surface area contributed by atoms with E-state index >= 15 is 0 Å². The zero-order chi connectivity index (χ0) is 25.7. The molecule has 1 fully saturated rings. The number of nitrogens with one attached hydrogen (secondary N) is 1. The molecule has 2 heterocycles. The van der Waals surface area contributed by atoms with Gasteiger partial charge in [0.25, 0.3) is 5.91 Å². The van der Waals surface area contributed by atoms with Crippen LogP contribution in [0.4, 0.5) is 0 Å². The molecule has 3 aromatic rings. The van der Waals surface area contributed by atoms with Gasteiger partial charge in [-0.3, -0.25) is 4.79 Å². The van der Waals surface area contributed by atoms with Crippen LogP contribution < -0.4 is 4.74 Å². The predicted octanol–water partition coefficient (Wildman–Crippen LogP) is 4.38. The number of esters is 1. The Hall–Kier alpha value is -4.32. The van der Waals surface area contributed by atoms with E-state index in [0.717, 1.165) is 19.3 Å². The summed E-state index contributed by atoms with van der Waals surface area (Å²) < 4.78 is 10.8. The summed E-state index contributed by atoms with van der Waals surface area (Å²) >= 11 is 0. The predicted molar refractivity (Wildman–Crippen MR) is 133 cm³/mol. The van der Waals surface area contributed by atoms with Crippen LogP contribution in [0, 0.1) is 11.3 Å². The van der Waals surface area contributed by atoms with Crippen LogP contribution in [0.5, 0.6) is 5.75 Å². The molecule has 4 rings (SSSR count). The fraction of sp³-hybridized carbons (Fsp3) is 0.333. The maximum atomic E-state index is 12.6. The number of hydrogen-bond acceptors (Lipinski definition) is 7. The lowest BCUT2D eigenvalue weighted by Gasteiger charge is -2.38. The van der Waals surface area contributed by atoms with Crippen molar-refractivity contribution >= 4 is 28.5 Å². The summed E-state index contributed by atoms with van der Waals surface area (Å²) in [5.41, 5.74) is 1.50. The second kappa shape index (κ2) is 11.0. The Labute approximate surface area is 209 Å². The molecule has 36 heavy (non-hydrogen) atoms. The van der Waals surface area contributed by atoms with Gasteiger partial charge in [-0.25, -0.2) is 9.78 Å². The van der Waals surface area contributed by atoms with Gasteiger partial charge in [-0.05, 0) is 69.5 Å². The summed E-state index contributed by atoms with van der Waals surface area (Å²) in [7, 11) is 0. The van der Waals surface area contributed by atoms with Crippen molar-refractivity contribution in [3.63, 3.8) is 0 Å². The number of hydrogen-bond donors (Lipinski definition) is 2. The zero-order valence-corrected chi connectivity index (χ0v) is 20.2. The molecular formula is C27H28N4O5. The zero-order valence-electron chi connectivity index (χ0n) is 20.2. The number of amides is 1. The van der Waals surface area contributed by atoms with Crippen molar-refractivity contribution in [1.29, 1.82) is 5.26 Å². The number of nitrogens with zero attached hydrogens (tertiary/aromatic N) is 3. The van der Waals surface area contributed by atoms with Crippen LogP contribution in [-0.2, 0) is 9.53 Å². The molecule has 9 heteroatoms. The SMILES string of the molecule is C[C@@H]1CCC[C@@H](C)N1C(=O)COc1ccc(C(=O)OCC(O)=C(C#N)c2nc3ccccc3[nH]2)cc1. The Bertz CT molecular complexity index is 1280. The maximum absolute atomic E-state index is 12.6. The number of benzene rings is 2. The van der Waals surface area contributed by atoms with E-state index in [1.165, 1.54) is 12.1 Å². The first-order chi connectivity index (χ1) is 17.4. The van der Waals surface area contributed by atoms with Crippen LogP contribution in [0.1, 0.15) is 49.3 Å². The Kier molecular flexibility index (Phi) is 7.54. The smallest absolute Gasteiger partial charge is 0.338 e. The highest BCUT2D eigenvalue weighted by atomic mass is 16.5. The number of rotatable bonds is 7. The number of para-hydroxylation sites is 2. The highest BCUT2D eigenvalue weighted by molar-refractivity contribution is 5.90. The van der Waals surface area contributed by atoms with Crippen LogP contribution in [0.2, 0.25) is 0 Å². The molecule has 1 saturated heterocycles. The van der Waals surface area contributed by atoms with E-state index in [1.54, 1.807) is 24.3 Å². The number of aliphatic hydroxyl groups is 1. The van der Waals surface area contributed by atoms with E-state index in [9.17, 15) is 20.0 Å². The molecule has 2 N–H and O–H groups in total. The normalized spacial score (nSPS) is 18.3. The first-order valence-corrected chi connectivity index (χ1v) is 11.9. The molecule has 0 unspecified atom stereocenters. The number of aromatic amines is 1. The number of ether oxygens (including phenoxy) is 2. The van der Waals surface area contributed by atoms with E-state index in [4.69, 9.17) is 9.47 Å². The van der Waals surface area contributed by atoms with Crippen molar-refractivity contribution in [2.24, 2.45) is 0 Å². The maximum Gasteiger partial charge on any atom is 0.338 e. The van der Waals surface area contributed by atoms with Gasteiger partial charge in [-0.15, -0.1) is 0 Å². The van der Waals surface area contributed by atoms with Crippen LogP contribution in [0.15, 0.2) is 54.3 Å². The third kappa shape index (κ3) is 5.49. The first kappa shape index (κ1) is 24.8. The summed E-state index contributed by atoms with van der Waals surface area (Å²) in [6.07, 6.45) is 3.10. The van der Waals surface area contributed by atoms with Crippen LogP contribution in [0.25, 0.3) is 16.6 Å². The largest absolute Gasteiger partial charge is 0.507 e. The number of H-pyrrole nitrogens is 1. The lowest BCUT2D eigenvalue weighted by molar-refractivity contribution is -0.139. The van der Waals surface area contributed by atoms with Gasteiger partial charge in [0.2, 0.25) is 0 Å². The quantitative estimate of drug-likeness (QED) is 0.287. The Balaban J connectivity index is 1.33. The van der Waals surface area contributed by atoms with Crippen molar-refractivity contribution in [3.05, 3.63) is 65.7 Å². The van der Waals surface area contributed by atoms with Gasteiger partial charge < -0.3 is 24.5 Å². The minimum Gasteiger partial charge on any atom is -0.507 e. The van der Waals surface area contributed by atoms with Crippen molar-refractivity contribution in [2.45, 2.75) is 45.2 Å². The van der Waals surface area contributed by atoms with Gasteiger partial charge in [0.15, 0.2) is 18.2 Å². The number of imidazole rings is 1. The van der Waals surface area contributed by atoms with Gasteiger partial charge in [-0.2, -0.15) is 5.26 Å². The van der Waals surface area contributed by atoms with Gasteiger partial charge in [0.05, 0.1) is 16.6 Å². The molecule has 1 aliphatic rings. The number of aromatic nitrogens is 2. The molecule has 1 aromatic heterocycles. The first-order valence-electron chi connectivity index (χ1n) is 11.9. The number of allylic oxidation sites excluding steroid dienone is 1. The lowest BCUT2D eigenvalue weighted by Crippen LogP contribution is -2.49. The van der Waals surface area contributed by atoms with E-state index in [0.29, 0.717) is 16.8 Å². The number of carbonyl (C=O) groups excluding carboxylic acids is 2. The molecule has 2 aromatic carbocycles. The molecule has 9 nitrogen and oxygen atoms in total. The number of carbonyl (C=O) groups is 2. The number of aliphatic hydroxyl groups excluding tert-OH is 1. The van der Waals surface area contributed by atoms with Gasteiger partial charge >= 0.3 is 5.97 Å². The number of piperidine rings is 1. The van der Waals surface area contributed by atoms with Crippen LogP contribution in [-0.4, -0.2) is 57.1 Å². The summed E-state index contributed by atoms with van der Waals surface area (Å²) in [6.45, 7) is 3.54. The number of nitriles is 1. The Morgan fingerprint density at radius 3 is 2.47 bits per heavy atom. The fourth-order valence-electron chi connectivity index (χ4n) is 4.43. The van der Waals surface area contributed by atoms with Crippen molar-refractivity contribution in [2.75, 3.05) is 13.2 Å². The molecule has 2 atom stereocenters. The summed E-state index contributed by atoms with van der Waals surface area (Å²) in [6, 6.07) is 15.7. The molecule has 0 bridgehead atoms. The van der Waals surface area contributed by atoms with Crippen LogP contribution >= 0.6 is 0 Å². The molecule has 0 aliphatic carbocycles. The second-order valence-electron chi connectivity index (χ2n) is 8.86. The Morgan fingerprint density at radius 2 is 1.81 bits per heavy atom. The molecule has 0 radical (unpaired) electrons. The monoisotopic (exact) mass is 488 g/mol. The van der Waals surface area contributed by atoms with E-state index < -0.39 is 18.3 Å².